The lowest BCUT2D eigenvalue weighted by Crippen LogP contribution is -2.41. The van der Waals surface area contributed by atoms with Crippen molar-refractivity contribution in [2.45, 2.75) is 81.8 Å². The number of sulfonamides is 1. The van der Waals surface area contributed by atoms with Crippen LogP contribution in [0.4, 0.5) is 18.0 Å². The van der Waals surface area contributed by atoms with E-state index in [0.717, 1.165) is 31.2 Å². The molecule has 48 heavy (non-hydrogen) atoms. The number of carbonyl (C=O) groups is 2. The molecule has 2 aliphatic rings. The molecule has 3 aromatic rings. The Morgan fingerprint density at radius 2 is 1.90 bits per heavy atom. The average molecular weight is 712 g/mol. The third-order valence-electron chi connectivity index (χ3n) is 9.12. The van der Waals surface area contributed by atoms with E-state index in [1.54, 1.807) is 6.07 Å². The predicted molar refractivity (Wildman–Crippen MR) is 170 cm³/mol. The van der Waals surface area contributed by atoms with Crippen LogP contribution >= 0.6 is 11.6 Å². The number of nitrogens with one attached hydrogen (secondary N) is 1. The molecule has 2 amide bonds. The van der Waals surface area contributed by atoms with Gasteiger partial charge in [0.1, 0.15) is 5.15 Å². The minimum atomic E-state index is -4.27. The molecule has 1 saturated heterocycles. The molecular formula is C32H37ClF3N5O6S. The highest BCUT2D eigenvalue weighted by atomic mass is 35.5. The average Bonchev–Trinajstić information content (AvgIpc) is 3.55. The first-order chi connectivity index (χ1) is 22.5. The number of carbonyl (C=O) groups excluding carboxylic acids is 1. The van der Waals surface area contributed by atoms with Crippen molar-refractivity contribution in [1.29, 1.82) is 0 Å². The van der Waals surface area contributed by atoms with Gasteiger partial charge in [-0.3, -0.25) is 4.79 Å². The summed E-state index contributed by atoms with van der Waals surface area (Å²) in [6.07, 6.45) is 0.222. The van der Waals surface area contributed by atoms with Gasteiger partial charge in [0.05, 0.1) is 22.5 Å². The second kappa shape index (κ2) is 13.6. The summed E-state index contributed by atoms with van der Waals surface area (Å²) in [4.78, 5) is 30.0. The molecule has 1 aromatic carbocycles. The molecule has 1 atom stereocenters. The van der Waals surface area contributed by atoms with Crippen LogP contribution in [0.25, 0.3) is 5.82 Å². The maximum absolute atomic E-state index is 13.1. The summed E-state index contributed by atoms with van der Waals surface area (Å²) in [5.74, 6) is -0.445. The number of rotatable bonds is 13. The number of hydrogen-bond acceptors (Lipinski definition) is 7. The number of alkyl halides is 3. The van der Waals surface area contributed by atoms with Gasteiger partial charge in [0, 0.05) is 24.3 Å². The van der Waals surface area contributed by atoms with Crippen molar-refractivity contribution >= 4 is 33.6 Å². The molecule has 2 N–H and O–H groups in total. The minimum Gasteiger partial charge on any atom is -0.477 e. The number of halogens is 4. The Balaban J connectivity index is 1.13. The van der Waals surface area contributed by atoms with Crippen molar-refractivity contribution in [1.82, 2.24) is 24.4 Å². The first-order valence-corrected chi connectivity index (χ1v) is 17.4. The van der Waals surface area contributed by atoms with Crippen LogP contribution in [0.2, 0.25) is 5.15 Å². The van der Waals surface area contributed by atoms with E-state index in [9.17, 15) is 36.3 Å². The quantitative estimate of drug-likeness (QED) is 0.148. The maximum Gasteiger partial charge on any atom is 0.407 e. The SMILES string of the molecule is CC1(C)CC(CCCCc2cccc(S(=O)(=O)NC(=O)c3ccc(-n4ccc(OCCC5(C(F)(F)F)CC5)n4)nc3Cl)c2)CN1C(=O)O. The number of aryl methyl sites for hydroxylation is 1. The van der Waals surface area contributed by atoms with Crippen molar-refractivity contribution in [2.75, 3.05) is 13.2 Å². The summed E-state index contributed by atoms with van der Waals surface area (Å²) in [6.45, 7) is 4.21. The standard InChI is InChI=1S/C32H37ClF3N5O6S/c1-30(2)19-22(20-40(30)29(43)44)7-4-3-6-21-8-5-9-23(18-21)48(45,46)39-28(42)24-10-11-25(37-27(24)33)41-16-12-26(38-41)47-17-15-31(13-14-31)32(34,35)36/h5,8-12,16,18,22H,3-4,6-7,13-15,17,19-20H2,1-2H3,(H,39,42)(H,43,44). The summed E-state index contributed by atoms with van der Waals surface area (Å²) in [5, 5.41) is 13.3. The third kappa shape index (κ3) is 8.05. The molecule has 0 bridgehead atoms. The van der Waals surface area contributed by atoms with Gasteiger partial charge in [-0.2, -0.15) is 13.2 Å². The maximum atomic E-state index is 13.1. The van der Waals surface area contributed by atoms with Crippen LogP contribution in [0.3, 0.4) is 0 Å². The molecular weight excluding hydrogens is 675 g/mol. The Morgan fingerprint density at radius 3 is 2.54 bits per heavy atom. The fourth-order valence-corrected chi connectivity index (χ4v) is 7.47. The van der Waals surface area contributed by atoms with E-state index in [-0.39, 0.29) is 59.1 Å². The molecule has 16 heteroatoms. The van der Waals surface area contributed by atoms with Crippen LogP contribution in [-0.4, -0.2) is 70.1 Å². The fraction of sp³-hybridized carbons (Fsp3) is 0.500. The Labute approximate surface area is 281 Å². The monoisotopic (exact) mass is 711 g/mol. The number of ether oxygens (including phenoxy) is 1. The number of nitrogens with zero attached hydrogens (tertiary/aromatic N) is 4. The molecule has 1 unspecified atom stereocenters. The second-order valence-corrected chi connectivity index (χ2v) is 15.1. The molecule has 1 saturated carbocycles. The normalized spacial score (nSPS) is 18.5. The number of benzene rings is 1. The summed E-state index contributed by atoms with van der Waals surface area (Å²) in [6, 6.07) is 10.4. The van der Waals surface area contributed by atoms with Crippen LogP contribution in [0, 0.1) is 11.3 Å². The van der Waals surface area contributed by atoms with E-state index in [0.29, 0.717) is 13.0 Å². The summed E-state index contributed by atoms with van der Waals surface area (Å²) in [5.41, 5.74) is -1.48. The Kier molecular flexibility index (Phi) is 10.0. The summed E-state index contributed by atoms with van der Waals surface area (Å²) < 4.78 is 74.3. The van der Waals surface area contributed by atoms with Crippen LogP contribution in [0.1, 0.15) is 74.7 Å². The Hall–Kier alpha value is -3.85. The summed E-state index contributed by atoms with van der Waals surface area (Å²) >= 11 is 6.24. The molecule has 2 fully saturated rings. The van der Waals surface area contributed by atoms with E-state index >= 15 is 0 Å². The van der Waals surface area contributed by atoms with Gasteiger partial charge < -0.3 is 14.7 Å². The zero-order valence-electron chi connectivity index (χ0n) is 26.5. The lowest BCUT2D eigenvalue weighted by molar-refractivity contribution is -0.190. The van der Waals surface area contributed by atoms with Gasteiger partial charge in [0.2, 0.25) is 5.88 Å². The number of hydrogen-bond donors (Lipinski definition) is 2. The predicted octanol–water partition coefficient (Wildman–Crippen LogP) is 6.64. The van der Waals surface area contributed by atoms with Gasteiger partial charge in [-0.15, -0.1) is 5.10 Å². The number of pyridine rings is 1. The van der Waals surface area contributed by atoms with Gasteiger partial charge in [-0.25, -0.2) is 27.6 Å². The number of unbranched alkanes of at least 4 members (excludes halogenated alkanes) is 1. The van der Waals surface area contributed by atoms with Gasteiger partial charge in [0.25, 0.3) is 15.9 Å². The number of amides is 2. The van der Waals surface area contributed by atoms with Crippen molar-refractivity contribution in [2.24, 2.45) is 11.3 Å². The first-order valence-electron chi connectivity index (χ1n) is 15.6. The van der Waals surface area contributed by atoms with Crippen molar-refractivity contribution in [3.63, 3.8) is 0 Å². The molecule has 11 nitrogen and oxygen atoms in total. The number of carboxylic acid groups (broad SMARTS) is 1. The van der Waals surface area contributed by atoms with Gasteiger partial charge in [-0.1, -0.05) is 30.2 Å². The first kappa shape index (κ1) is 35.5. The van der Waals surface area contributed by atoms with Gasteiger partial charge in [-0.05, 0) is 94.5 Å². The minimum absolute atomic E-state index is 0.0860. The zero-order valence-corrected chi connectivity index (χ0v) is 28.0. The van der Waals surface area contributed by atoms with Crippen LogP contribution in [-0.2, 0) is 16.4 Å². The lowest BCUT2D eigenvalue weighted by Gasteiger charge is -2.28. The molecule has 2 aromatic heterocycles. The molecule has 0 spiro atoms. The third-order valence-corrected chi connectivity index (χ3v) is 10.7. The number of aromatic nitrogens is 3. The smallest absolute Gasteiger partial charge is 0.407 e. The highest BCUT2D eigenvalue weighted by molar-refractivity contribution is 7.90. The van der Waals surface area contributed by atoms with Crippen LogP contribution in [0.5, 0.6) is 5.88 Å². The molecule has 1 aliphatic carbocycles. The zero-order chi connectivity index (χ0) is 34.9. The summed E-state index contributed by atoms with van der Waals surface area (Å²) in [7, 11) is -4.25. The van der Waals surface area contributed by atoms with Crippen molar-refractivity contribution in [3.8, 4) is 11.7 Å². The van der Waals surface area contributed by atoms with E-state index < -0.39 is 39.2 Å². The van der Waals surface area contributed by atoms with Gasteiger partial charge in [0.15, 0.2) is 5.82 Å². The van der Waals surface area contributed by atoms with E-state index in [1.807, 2.05) is 24.6 Å². The van der Waals surface area contributed by atoms with Crippen LogP contribution < -0.4 is 9.46 Å². The van der Waals surface area contributed by atoms with Gasteiger partial charge >= 0.3 is 12.3 Å². The second-order valence-electron chi connectivity index (χ2n) is 13.1. The van der Waals surface area contributed by atoms with Crippen LogP contribution in [0.15, 0.2) is 53.6 Å². The number of likely N-dealkylation sites (tertiary alicyclic amines) is 1. The van der Waals surface area contributed by atoms with E-state index in [4.69, 9.17) is 16.3 Å². The van der Waals surface area contributed by atoms with E-state index in [1.165, 1.54) is 46.1 Å². The molecule has 260 valence electrons. The Morgan fingerprint density at radius 1 is 1.15 bits per heavy atom. The molecule has 3 heterocycles. The lowest BCUT2D eigenvalue weighted by atomic mass is 9.92. The van der Waals surface area contributed by atoms with Crippen molar-refractivity contribution < 1.29 is 41.0 Å². The molecule has 0 radical (unpaired) electrons. The molecule has 5 rings (SSSR count). The van der Waals surface area contributed by atoms with E-state index in [2.05, 4.69) is 10.1 Å². The topological polar surface area (TPSA) is 144 Å². The largest absolute Gasteiger partial charge is 0.477 e. The Bertz CT molecular complexity index is 1780. The fourth-order valence-electron chi connectivity index (χ4n) is 6.19. The molecule has 1 aliphatic heterocycles. The highest BCUT2D eigenvalue weighted by Gasteiger charge is 2.62. The van der Waals surface area contributed by atoms with Crippen molar-refractivity contribution in [3.05, 3.63) is 64.9 Å². The highest BCUT2D eigenvalue weighted by Crippen LogP contribution is 2.59.